The highest BCUT2D eigenvalue weighted by Gasteiger charge is 2.52. The maximum Gasteiger partial charge on any atom is 0.254 e. The van der Waals surface area contributed by atoms with Crippen molar-refractivity contribution in [1.29, 1.82) is 0 Å². The van der Waals surface area contributed by atoms with Crippen LogP contribution in [-0.2, 0) is 19.6 Å². The fourth-order valence-corrected chi connectivity index (χ4v) is 6.43. The Morgan fingerprint density at radius 3 is 2.46 bits per heavy atom. The van der Waals surface area contributed by atoms with Crippen LogP contribution in [0.1, 0.15) is 26.7 Å². The zero-order valence-corrected chi connectivity index (χ0v) is 15.8. The lowest BCUT2D eigenvalue weighted by Crippen LogP contribution is -2.70. The number of hydrogen-bond donors (Lipinski definition) is 0. The lowest BCUT2D eigenvalue weighted by atomic mass is 9.79. The summed E-state index contributed by atoms with van der Waals surface area (Å²) < 4.78 is 32.5. The summed E-state index contributed by atoms with van der Waals surface area (Å²) in [6.45, 7) is 5.01. The van der Waals surface area contributed by atoms with Crippen LogP contribution < -0.4 is 0 Å². The summed E-state index contributed by atoms with van der Waals surface area (Å²) >= 11 is 1.25. The molecule has 2 fully saturated rings. The number of carbonyl (C=O) groups excluding carboxylic acids is 1. The molecular formula is C16H24N2O4S2. The SMILES string of the molecule is CO[C@H]1C(=O)N(C(C)C)[C@H]1C1CCN(S(=O)(=O)c2cccs2)CC1. The summed E-state index contributed by atoms with van der Waals surface area (Å²) in [4.78, 5) is 14.1. The van der Waals surface area contributed by atoms with E-state index in [2.05, 4.69) is 0 Å². The second-order valence-corrected chi connectivity index (χ2v) is 9.77. The van der Waals surface area contributed by atoms with Gasteiger partial charge in [-0.2, -0.15) is 4.31 Å². The Kier molecular flexibility index (Phi) is 5.01. The summed E-state index contributed by atoms with van der Waals surface area (Å²) in [6.07, 6.45) is 1.13. The Morgan fingerprint density at radius 1 is 1.29 bits per heavy atom. The molecule has 0 radical (unpaired) electrons. The third-order valence-electron chi connectivity index (χ3n) is 5.01. The number of methoxy groups -OCH3 is 1. The number of carbonyl (C=O) groups is 1. The number of nitrogens with zero attached hydrogens (tertiary/aromatic N) is 2. The summed E-state index contributed by atoms with van der Waals surface area (Å²) in [5.41, 5.74) is 0. The van der Waals surface area contributed by atoms with Gasteiger partial charge in [0.2, 0.25) is 0 Å². The molecular weight excluding hydrogens is 348 g/mol. The van der Waals surface area contributed by atoms with Crippen LogP contribution in [-0.4, -0.2) is 61.9 Å². The number of ether oxygens (including phenoxy) is 1. The predicted molar refractivity (Wildman–Crippen MR) is 92.4 cm³/mol. The lowest BCUT2D eigenvalue weighted by molar-refractivity contribution is -0.181. The molecule has 2 atom stereocenters. The van der Waals surface area contributed by atoms with E-state index in [0.717, 1.165) is 12.8 Å². The molecule has 0 bridgehead atoms. The van der Waals surface area contributed by atoms with E-state index in [4.69, 9.17) is 4.74 Å². The quantitative estimate of drug-likeness (QED) is 0.739. The van der Waals surface area contributed by atoms with Crippen LogP contribution in [0.4, 0.5) is 0 Å². The highest BCUT2D eigenvalue weighted by Crippen LogP contribution is 2.37. The van der Waals surface area contributed by atoms with Gasteiger partial charge in [0, 0.05) is 26.2 Å². The molecule has 1 amide bonds. The van der Waals surface area contributed by atoms with E-state index in [-0.39, 0.29) is 30.0 Å². The van der Waals surface area contributed by atoms with Gasteiger partial charge in [-0.25, -0.2) is 8.42 Å². The standard InChI is InChI=1S/C16H24N2O4S2/c1-11(2)18-14(15(22-3)16(18)19)12-6-8-17(9-7-12)24(20,21)13-5-4-10-23-13/h4-5,10-12,14-15H,6-9H2,1-3H3/t14-,15+/m0/s1. The minimum absolute atomic E-state index is 0.0473. The molecule has 8 heteroatoms. The second-order valence-electron chi connectivity index (χ2n) is 6.66. The van der Waals surface area contributed by atoms with Crippen LogP contribution in [0, 0.1) is 5.92 Å². The number of likely N-dealkylation sites (tertiary alicyclic amines) is 1. The third kappa shape index (κ3) is 2.89. The Hall–Kier alpha value is -0.960. The topological polar surface area (TPSA) is 66.9 Å². The van der Waals surface area contributed by atoms with Gasteiger partial charge >= 0.3 is 0 Å². The van der Waals surface area contributed by atoms with Crippen LogP contribution in [0.25, 0.3) is 0 Å². The van der Waals surface area contributed by atoms with E-state index in [1.54, 1.807) is 28.9 Å². The van der Waals surface area contributed by atoms with Crippen LogP contribution in [0.3, 0.4) is 0 Å². The average Bonchev–Trinajstić information content (AvgIpc) is 3.08. The maximum absolute atomic E-state index is 12.6. The summed E-state index contributed by atoms with van der Waals surface area (Å²) in [5, 5.41) is 1.78. The highest BCUT2D eigenvalue weighted by molar-refractivity contribution is 7.91. The smallest absolute Gasteiger partial charge is 0.254 e. The Balaban J connectivity index is 1.68. The van der Waals surface area contributed by atoms with Gasteiger partial charge in [-0.1, -0.05) is 6.07 Å². The van der Waals surface area contributed by atoms with E-state index in [0.29, 0.717) is 17.3 Å². The molecule has 134 valence electrons. The van der Waals surface area contributed by atoms with Crippen LogP contribution in [0.2, 0.25) is 0 Å². The van der Waals surface area contributed by atoms with Gasteiger partial charge in [0.25, 0.3) is 15.9 Å². The molecule has 0 aliphatic carbocycles. The Morgan fingerprint density at radius 2 is 1.96 bits per heavy atom. The van der Waals surface area contributed by atoms with Gasteiger partial charge in [-0.3, -0.25) is 4.79 Å². The van der Waals surface area contributed by atoms with Gasteiger partial charge in [0.15, 0.2) is 6.10 Å². The molecule has 0 spiro atoms. The third-order valence-corrected chi connectivity index (χ3v) is 8.28. The highest BCUT2D eigenvalue weighted by atomic mass is 32.2. The summed E-state index contributed by atoms with van der Waals surface area (Å²) in [5.74, 6) is 0.330. The number of sulfonamides is 1. The number of amides is 1. The van der Waals surface area contributed by atoms with Gasteiger partial charge in [0.1, 0.15) is 4.21 Å². The van der Waals surface area contributed by atoms with Crippen molar-refractivity contribution >= 4 is 27.3 Å². The molecule has 2 saturated heterocycles. The second kappa shape index (κ2) is 6.74. The first-order valence-electron chi connectivity index (χ1n) is 8.26. The number of β-lactam (4-membered cyclic amide) rings is 1. The van der Waals surface area contributed by atoms with Crippen molar-refractivity contribution in [2.24, 2.45) is 5.92 Å². The molecule has 6 nitrogen and oxygen atoms in total. The number of hydrogen-bond acceptors (Lipinski definition) is 5. The molecule has 24 heavy (non-hydrogen) atoms. The molecule has 0 unspecified atom stereocenters. The zero-order chi connectivity index (χ0) is 17.5. The number of rotatable bonds is 5. The molecule has 1 aromatic heterocycles. The Labute approximate surface area is 147 Å². The average molecular weight is 373 g/mol. The fraction of sp³-hybridized carbons (Fsp3) is 0.688. The molecule has 2 aliphatic rings. The maximum atomic E-state index is 12.6. The van der Waals surface area contributed by atoms with Crippen molar-refractivity contribution in [2.45, 2.75) is 49.1 Å². The molecule has 2 aliphatic heterocycles. The molecule has 1 aromatic rings. The van der Waals surface area contributed by atoms with Crippen molar-refractivity contribution in [3.05, 3.63) is 17.5 Å². The molecule has 0 aromatic carbocycles. The van der Waals surface area contributed by atoms with Crippen molar-refractivity contribution in [3.8, 4) is 0 Å². The van der Waals surface area contributed by atoms with Crippen molar-refractivity contribution in [2.75, 3.05) is 20.2 Å². The van der Waals surface area contributed by atoms with Crippen molar-refractivity contribution in [1.82, 2.24) is 9.21 Å². The summed E-state index contributed by atoms with van der Waals surface area (Å²) in [7, 11) is -1.80. The normalized spacial score (nSPS) is 26.8. The minimum atomic E-state index is -3.38. The largest absolute Gasteiger partial charge is 0.369 e. The molecule has 0 N–H and O–H groups in total. The van der Waals surface area contributed by atoms with Crippen LogP contribution in [0.15, 0.2) is 21.7 Å². The van der Waals surface area contributed by atoms with Gasteiger partial charge in [-0.05, 0) is 44.1 Å². The van der Waals surface area contributed by atoms with Crippen LogP contribution >= 0.6 is 11.3 Å². The fourth-order valence-electron chi connectivity index (χ4n) is 3.81. The lowest BCUT2D eigenvalue weighted by Gasteiger charge is -2.53. The van der Waals surface area contributed by atoms with E-state index in [1.165, 1.54) is 11.3 Å². The summed E-state index contributed by atoms with van der Waals surface area (Å²) in [6, 6.07) is 3.61. The van der Waals surface area contributed by atoms with E-state index >= 15 is 0 Å². The van der Waals surface area contributed by atoms with Crippen molar-refractivity contribution in [3.63, 3.8) is 0 Å². The van der Waals surface area contributed by atoms with Crippen molar-refractivity contribution < 1.29 is 17.9 Å². The zero-order valence-electron chi connectivity index (χ0n) is 14.2. The first-order valence-corrected chi connectivity index (χ1v) is 10.6. The Bertz CT molecular complexity index is 679. The molecule has 3 rings (SSSR count). The predicted octanol–water partition coefficient (Wildman–Crippen LogP) is 1.78. The van der Waals surface area contributed by atoms with E-state index in [1.807, 2.05) is 18.7 Å². The minimum Gasteiger partial charge on any atom is -0.369 e. The molecule has 0 saturated carbocycles. The monoisotopic (exact) mass is 372 g/mol. The van der Waals surface area contributed by atoms with Gasteiger partial charge in [-0.15, -0.1) is 11.3 Å². The number of thiophene rings is 1. The first-order chi connectivity index (χ1) is 11.4. The van der Waals surface area contributed by atoms with E-state index < -0.39 is 10.0 Å². The van der Waals surface area contributed by atoms with E-state index in [9.17, 15) is 13.2 Å². The first kappa shape index (κ1) is 17.8. The van der Waals surface area contributed by atoms with Crippen LogP contribution in [0.5, 0.6) is 0 Å². The van der Waals surface area contributed by atoms with Gasteiger partial charge < -0.3 is 9.64 Å². The number of piperidine rings is 1. The molecule has 3 heterocycles. The van der Waals surface area contributed by atoms with Gasteiger partial charge in [0.05, 0.1) is 6.04 Å².